The van der Waals surface area contributed by atoms with Crippen LogP contribution in [0.5, 0.6) is 0 Å². The molecule has 0 spiro atoms. The Hall–Kier alpha value is -0.110. The largest absolute Gasteiger partial charge is 0.282 e. The highest BCUT2D eigenvalue weighted by Crippen LogP contribution is 2.43. The van der Waals surface area contributed by atoms with Crippen molar-refractivity contribution >= 4 is 0 Å². The topological polar surface area (TPSA) is 12.0 Å². The maximum atomic E-state index is 13.2. The molecule has 2 heteroatoms. The summed E-state index contributed by atoms with van der Waals surface area (Å²) >= 11 is 0. The summed E-state index contributed by atoms with van der Waals surface area (Å²) in [6.45, 7) is 2.07. The second kappa shape index (κ2) is 1.48. The molecule has 2 rings (SSSR count). The quantitative estimate of drug-likeness (QED) is 0.488. The van der Waals surface area contributed by atoms with E-state index in [1.807, 2.05) is 0 Å². The summed E-state index contributed by atoms with van der Waals surface area (Å²) in [5, 5.41) is 2.96. The number of rotatable bonds is 0. The molecule has 0 radical (unpaired) electrons. The molecule has 9 heavy (non-hydrogen) atoms. The van der Waals surface area contributed by atoms with E-state index < -0.39 is 5.79 Å². The molecular formula is C7H12FN. The van der Waals surface area contributed by atoms with E-state index in [1.54, 1.807) is 0 Å². The molecule has 1 saturated heterocycles. The predicted octanol–water partition coefficient (Wildman–Crippen LogP) is 1.44. The Bertz CT molecular complexity index is 133. The number of piperidine rings is 1. The molecule has 1 N–H and O–H groups in total. The molecule has 3 atom stereocenters. The lowest BCUT2D eigenvalue weighted by molar-refractivity contribution is 0.133. The highest BCUT2D eigenvalue weighted by atomic mass is 19.1. The van der Waals surface area contributed by atoms with Crippen LogP contribution >= 0.6 is 0 Å². The van der Waals surface area contributed by atoms with E-state index in [9.17, 15) is 4.39 Å². The first-order valence-corrected chi connectivity index (χ1v) is 3.66. The Morgan fingerprint density at radius 3 is 2.67 bits per heavy atom. The average molecular weight is 129 g/mol. The van der Waals surface area contributed by atoms with Crippen LogP contribution in [0.4, 0.5) is 4.39 Å². The number of nitrogens with one attached hydrogen (secondary N) is 1. The minimum absolute atomic E-state index is 0.420. The van der Waals surface area contributed by atoms with Crippen molar-refractivity contribution in [2.24, 2.45) is 5.92 Å². The number of hydrogen-bond acceptors (Lipinski definition) is 1. The van der Waals surface area contributed by atoms with Gasteiger partial charge in [0.15, 0.2) is 5.79 Å². The van der Waals surface area contributed by atoms with E-state index in [-0.39, 0.29) is 0 Å². The lowest BCUT2D eigenvalue weighted by Gasteiger charge is -2.22. The van der Waals surface area contributed by atoms with Crippen molar-refractivity contribution in [1.29, 1.82) is 0 Å². The van der Waals surface area contributed by atoms with E-state index in [0.29, 0.717) is 12.0 Å². The normalized spacial score (nSPS) is 56.7. The second-order valence-electron chi connectivity index (χ2n) is 3.40. The van der Waals surface area contributed by atoms with Crippen LogP contribution in [0.15, 0.2) is 0 Å². The van der Waals surface area contributed by atoms with Gasteiger partial charge in [0.1, 0.15) is 0 Å². The first-order valence-electron chi connectivity index (χ1n) is 3.66. The molecular weight excluding hydrogens is 117 g/mol. The first kappa shape index (κ1) is 5.66. The molecule has 2 aliphatic rings. The summed E-state index contributed by atoms with van der Waals surface area (Å²) in [5.41, 5.74) is 0. The maximum absolute atomic E-state index is 13.2. The SMILES string of the molecule is CC1NC2(F)CCC1C2. The van der Waals surface area contributed by atoms with Crippen molar-refractivity contribution in [3.63, 3.8) is 0 Å². The Labute approximate surface area is 54.6 Å². The summed E-state index contributed by atoms with van der Waals surface area (Å²) in [6, 6.07) is 0.420. The van der Waals surface area contributed by atoms with Gasteiger partial charge in [-0.15, -0.1) is 0 Å². The van der Waals surface area contributed by atoms with Crippen molar-refractivity contribution < 1.29 is 4.39 Å². The van der Waals surface area contributed by atoms with Gasteiger partial charge in [-0.3, -0.25) is 5.32 Å². The Balaban J connectivity index is 2.19. The molecule has 52 valence electrons. The minimum Gasteiger partial charge on any atom is -0.282 e. The highest BCUT2D eigenvalue weighted by Gasteiger charge is 2.48. The second-order valence-corrected chi connectivity index (χ2v) is 3.40. The fraction of sp³-hybridized carbons (Fsp3) is 1.00. The van der Waals surface area contributed by atoms with Crippen molar-refractivity contribution in [2.45, 2.75) is 38.0 Å². The first-order chi connectivity index (χ1) is 4.20. The van der Waals surface area contributed by atoms with E-state index >= 15 is 0 Å². The molecule has 1 nitrogen and oxygen atoms in total. The summed E-state index contributed by atoms with van der Waals surface area (Å²) in [7, 11) is 0. The third-order valence-electron chi connectivity index (χ3n) is 2.69. The fourth-order valence-electron chi connectivity index (χ4n) is 2.12. The average Bonchev–Trinajstić information content (AvgIpc) is 2.20. The van der Waals surface area contributed by atoms with E-state index in [2.05, 4.69) is 12.2 Å². The van der Waals surface area contributed by atoms with Crippen LogP contribution < -0.4 is 5.32 Å². The summed E-state index contributed by atoms with van der Waals surface area (Å²) < 4.78 is 13.2. The molecule has 0 amide bonds. The molecule has 1 heterocycles. The van der Waals surface area contributed by atoms with Crippen LogP contribution in [0.2, 0.25) is 0 Å². The molecule has 2 fully saturated rings. The Morgan fingerprint density at radius 1 is 1.67 bits per heavy atom. The van der Waals surface area contributed by atoms with Gasteiger partial charge in [0.05, 0.1) is 0 Å². The summed E-state index contributed by atoms with van der Waals surface area (Å²) in [4.78, 5) is 0. The van der Waals surface area contributed by atoms with E-state index in [0.717, 1.165) is 19.3 Å². The third-order valence-corrected chi connectivity index (χ3v) is 2.69. The number of alkyl halides is 1. The molecule has 0 aromatic heterocycles. The van der Waals surface area contributed by atoms with Crippen LogP contribution in [-0.4, -0.2) is 11.8 Å². The van der Waals surface area contributed by atoms with Crippen LogP contribution in [-0.2, 0) is 0 Å². The Morgan fingerprint density at radius 2 is 2.44 bits per heavy atom. The third kappa shape index (κ3) is 0.692. The van der Waals surface area contributed by atoms with Gasteiger partial charge in [0, 0.05) is 6.04 Å². The van der Waals surface area contributed by atoms with Gasteiger partial charge in [-0.05, 0) is 32.1 Å². The van der Waals surface area contributed by atoms with Gasteiger partial charge < -0.3 is 0 Å². The van der Waals surface area contributed by atoms with Gasteiger partial charge in [0.25, 0.3) is 0 Å². The number of halogens is 1. The van der Waals surface area contributed by atoms with Crippen LogP contribution in [0.3, 0.4) is 0 Å². The zero-order valence-electron chi connectivity index (χ0n) is 5.65. The van der Waals surface area contributed by atoms with Crippen molar-refractivity contribution in [2.75, 3.05) is 0 Å². The van der Waals surface area contributed by atoms with Gasteiger partial charge >= 0.3 is 0 Å². The zero-order chi connectivity index (χ0) is 6.48. The minimum atomic E-state index is -0.968. The maximum Gasteiger partial charge on any atom is 0.162 e. The lowest BCUT2D eigenvalue weighted by Crippen LogP contribution is -2.40. The fourth-order valence-corrected chi connectivity index (χ4v) is 2.12. The van der Waals surface area contributed by atoms with Crippen LogP contribution in [0.25, 0.3) is 0 Å². The van der Waals surface area contributed by atoms with E-state index in [1.165, 1.54) is 0 Å². The van der Waals surface area contributed by atoms with Crippen molar-refractivity contribution in [3.05, 3.63) is 0 Å². The van der Waals surface area contributed by atoms with Crippen LogP contribution in [0, 0.1) is 5.92 Å². The number of hydrogen-bond donors (Lipinski definition) is 1. The summed E-state index contributed by atoms with van der Waals surface area (Å²) in [5.74, 6) is -0.348. The van der Waals surface area contributed by atoms with Crippen molar-refractivity contribution in [3.8, 4) is 0 Å². The molecule has 1 saturated carbocycles. The lowest BCUT2D eigenvalue weighted by atomic mass is 10.0. The van der Waals surface area contributed by atoms with Crippen molar-refractivity contribution in [1.82, 2.24) is 5.32 Å². The van der Waals surface area contributed by atoms with Gasteiger partial charge in [-0.1, -0.05) is 0 Å². The van der Waals surface area contributed by atoms with E-state index in [4.69, 9.17) is 0 Å². The Kier molecular flexibility index (Phi) is 0.933. The molecule has 3 unspecified atom stereocenters. The predicted molar refractivity (Wildman–Crippen MR) is 33.8 cm³/mol. The smallest absolute Gasteiger partial charge is 0.162 e. The highest BCUT2D eigenvalue weighted by molar-refractivity contribution is 5.00. The summed E-state index contributed by atoms with van der Waals surface area (Å²) in [6.07, 6.45) is 2.58. The van der Waals surface area contributed by atoms with Gasteiger partial charge in [-0.2, -0.15) is 0 Å². The monoisotopic (exact) mass is 129 g/mol. The van der Waals surface area contributed by atoms with Crippen LogP contribution in [0.1, 0.15) is 26.2 Å². The molecule has 1 aliphatic heterocycles. The van der Waals surface area contributed by atoms with Gasteiger partial charge in [0.2, 0.25) is 0 Å². The molecule has 2 bridgehead atoms. The van der Waals surface area contributed by atoms with Gasteiger partial charge in [-0.25, -0.2) is 4.39 Å². The molecule has 1 aliphatic carbocycles. The standard InChI is InChI=1S/C7H12FN/c1-5-6-2-3-7(8,4-6)9-5/h5-6,9H,2-4H2,1H3. The molecule has 0 aromatic rings. The molecule has 0 aromatic carbocycles. The number of fused-ring (bicyclic) bond motifs is 2. The zero-order valence-corrected chi connectivity index (χ0v) is 5.65.